The van der Waals surface area contributed by atoms with Gasteiger partial charge in [-0.25, -0.2) is 0 Å². The van der Waals surface area contributed by atoms with Crippen LogP contribution in [-0.2, 0) is 9.59 Å². The molecule has 1 amide bonds. The fourth-order valence-electron chi connectivity index (χ4n) is 2.61. The van der Waals surface area contributed by atoms with Gasteiger partial charge in [0.2, 0.25) is 5.91 Å². The Bertz CT molecular complexity index is 458. The summed E-state index contributed by atoms with van der Waals surface area (Å²) in [7, 11) is 0. The Kier molecular flexibility index (Phi) is 10.6. The van der Waals surface area contributed by atoms with E-state index in [0.717, 1.165) is 37.9 Å². The lowest BCUT2D eigenvalue weighted by Crippen LogP contribution is -2.33. The molecule has 136 valence electrons. The number of aliphatic hydroxyl groups excluding tert-OH is 1. The second-order valence-electron chi connectivity index (χ2n) is 6.05. The number of carboxylic acid groups (broad SMARTS) is 1. The number of likely N-dealkylation sites (tertiary alicyclic amines) is 1. The molecule has 0 aromatic rings. The van der Waals surface area contributed by atoms with Gasteiger partial charge < -0.3 is 15.1 Å². The van der Waals surface area contributed by atoms with Crippen LogP contribution >= 0.6 is 11.8 Å². The molecule has 1 heterocycles. The van der Waals surface area contributed by atoms with Gasteiger partial charge in [0, 0.05) is 18.7 Å². The maximum absolute atomic E-state index is 12.0. The molecule has 0 aromatic carbocycles. The van der Waals surface area contributed by atoms with E-state index in [-0.39, 0.29) is 18.4 Å². The number of aliphatic hydroxyl groups is 1. The van der Waals surface area contributed by atoms with E-state index in [1.807, 2.05) is 4.90 Å². The van der Waals surface area contributed by atoms with Crippen molar-refractivity contribution in [2.75, 3.05) is 18.1 Å². The van der Waals surface area contributed by atoms with E-state index in [0.29, 0.717) is 25.1 Å². The fourth-order valence-corrected chi connectivity index (χ4v) is 3.47. The van der Waals surface area contributed by atoms with Gasteiger partial charge in [-0.05, 0) is 31.4 Å². The van der Waals surface area contributed by atoms with Crippen LogP contribution in [0.4, 0.5) is 0 Å². The smallest absolute Gasteiger partial charge is 0.304 e. The molecule has 0 aliphatic carbocycles. The lowest BCUT2D eigenvalue weighted by molar-refractivity contribution is -0.136. The molecular weight excluding hydrogens is 326 g/mol. The maximum Gasteiger partial charge on any atom is 0.304 e. The van der Waals surface area contributed by atoms with Gasteiger partial charge in [-0.2, -0.15) is 11.8 Å². The predicted octanol–water partition coefficient (Wildman–Crippen LogP) is 2.52. The van der Waals surface area contributed by atoms with E-state index < -0.39 is 12.1 Å². The van der Waals surface area contributed by atoms with Gasteiger partial charge in [0.15, 0.2) is 0 Å². The molecular formula is C18H29NO4S. The summed E-state index contributed by atoms with van der Waals surface area (Å²) in [5.41, 5.74) is 0. The van der Waals surface area contributed by atoms with Crippen LogP contribution in [0.15, 0.2) is 0 Å². The summed E-state index contributed by atoms with van der Waals surface area (Å²) >= 11 is 1.60. The van der Waals surface area contributed by atoms with Crippen LogP contribution in [0.1, 0.15) is 58.3 Å². The Balaban J connectivity index is 2.31. The molecule has 6 heteroatoms. The van der Waals surface area contributed by atoms with Gasteiger partial charge in [0.25, 0.3) is 0 Å². The summed E-state index contributed by atoms with van der Waals surface area (Å²) in [5, 5.41) is 18.5. The number of amides is 1. The highest BCUT2D eigenvalue weighted by Gasteiger charge is 2.28. The Morgan fingerprint density at radius 1 is 1.38 bits per heavy atom. The minimum atomic E-state index is -0.773. The summed E-state index contributed by atoms with van der Waals surface area (Å²) in [6.07, 6.45) is 5.58. The van der Waals surface area contributed by atoms with Gasteiger partial charge in [0.1, 0.15) is 6.10 Å². The molecule has 1 aliphatic heterocycles. The first-order valence-electron chi connectivity index (χ1n) is 8.82. The molecule has 1 aliphatic rings. The fraction of sp³-hybridized carbons (Fsp3) is 0.778. The molecule has 0 saturated carbocycles. The number of carbonyl (C=O) groups is 2. The van der Waals surface area contributed by atoms with Gasteiger partial charge in [0.05, 0.1) is 12.5 Å². The molecule has 1 fully saturated rings. The maximum atomic E-state index is 12.0. The first-order valence-corrected chi connectivity index (χ1v) is 9.98. The molecule has 5 nitrogen and oxygen atoms in total. The molecule has 1 rings (SSSR count). The van der Waals surface area contributed by atoms with Gasteiger partial charge in [-0.3, -0.25) is 9.59 Å². The van der Waals surface area contributed by atoms with Crippen molar-refractivity contribution in [2.24, 2.45) is 0 Å². The quantitative estimate of drug-likeness (QED) is 0.440. The zero-order valence-corrected chi connectivity index (χ0v) is 15.3. The second kappa shape index (κ2) is 12.2. The van der Waals surface area contributed by atoms with Crippen molar-refractivity contribution in [2.45, 2.75) is 70.4 Å². The van der Waals surface area contributed by atoms with Crippen LogP contribution in [0.2, 0.25) is 0 Å². The molecule has 2 N–H and O–H groups in total. The first-order chi connectivity index (χ1) is 11.5. The molecule has 2 atom stereocenters. The molecule has 0 spiro atoms. The number of carboxylic acids is 1. The summed E-state index contributed by atoms with van der Waals surface area (Å²) in [5.74, 6) is 6.78. The molecule has 1 saturated heterocycles. The molecule has 2 unspecified atom stereocenters. The Labute approximate surface area is 149 Å². The van der Waals surface area contributed by atoms with Crippen molar-refractivity contribution in [3.63, 3.8) is 0 Å². The molecule has 0 bridgehead atoms. The topological polar surface area (TPSA) is 77.8 Å². The second-order valence-corrected chi connectivity index (χ2v) is 7.28. The van der Waals surface area contributed by atoms with E-state index in [1.54, 1.807) is 11.8 Å². The summed E-state index contributed by atoms with van der Waals surface area (Å²) in [6, 6.07) is -0.0812. The van der Waals surface area contributed by atoms with Crippen molar-refractivity contribution >= 4 is 23.6 Å². The van der Waals surface area contributed by atoms with Crippen LogP contribution in [0.5, 0.6) is 0 Å². The third-order valence-electron chi connectivity index (χ3n) is 3.97. The van der Waals surface area contributed by atoms with E-state index >= 15 is 0 Å². The highest BCUT2D eigenvalue weighted by atomic mass is 32.2. The third-order valence-corrected chi connectivity index (χ3v) is 5.04. The van der Waals surface area contributed by atoms with E-state index in [2.05, 4.69) is 18.8 Å². The molecule has 0 radical (unpaired) electrons. The average Bonchev–Trinajstić information content (AvgIpc) is 2.89. The number of rotatable bonds is 11. The van der Waals surface area contributed by atoms with Crippen molar-refractivity contribution in [1.29, 1.82) is 0 Å². The zero-order chi connectivity index (χ0) is 17.8. The highest BCUT2D eigenvalue weighted by Crippen LogP contribution is 2.19. The van der Waals surface area contributed by atoms with E-state index in [4.69, 9.17) is 5.11 Å². The molecule has 0 aromatic heterocycles. The van der Waals surface area contributed by atoms with Crippen LogP contribution in [-0.4, -0.2) is 57.2 Å². The van der Waals surface area contributed by atoms with Crippen molar-refractivity contribution in [1.82, 2.24) is 4.90 Å². The SMILES string of the molecule is CCCCCC(O)C#CC1CCC(=O)N1CCCSCCC(=O)O. The summed E-state index contributed by atoms with van der Waals surface area (Å²) in [6.45, 7) is 2.78. The van der Waals surface area contributed by atoms with Crippen molar-refractivity contribution in [3.8, 4) is 11.8 Å². The average molecular weight is 356 g/mol. The lowest BCUT2D eigenvalue weighted by atomic mass is 10.1. The standard InChI is InChI=1S/C18H29NO4S/c1-2-3-4-6-16(20)9-7-15-8-10-17(21)19(15)12-5-13-24-14-11-18(22)23/h15-16,20H,2-6,8,10-14H2,1H3,(H,22,23). The molecule has 24 heavy (non-hydrogen) atoms. The van der Waals surface area contributed by atoms with Crippen LogP contribution in [0.25, 0.3) is 0 Å². The van der Waals surface area contributed by atoms with E-state index in [1.165, 1.54) is 0 Å². The zero-order valence-electron chi connectivity index (χ0n) is 14.5. The van der Waals surface area contributed by atoms with Crippen LogP contribution in [0.3, 0.4) is 0 Å². The van der Waals surface area contributed by atoms with Crippen molar-refractivity contribution in [3.05, 3.63) is 0 Å². The Morgan fingerprint density at radius 3 is 2.88 bits per heavy atom. The Morgan fingerprint density at radius 2 is 2.17 bits per heavy atom. The van der Waals surface area contributed by atoms with Crippen molar-refractivity contribution < 1.29 is 19.8 Å². The lowest BCUT2D eigenvalue weighted by Gasteiger charge is -2.20. The minimum Gasteiger partial charge on any atom is -0.481 e. The number of nitrogens with zero attached hydrogens (tertiary/aromatic N) is 1. The first kappa shape index (κ1) is 20.9. The largest absolute Gasteiger partial charge is 0.481 e. The predicted molar refractivity (Wildman–Crippen MR) is 96.9 cm³/mol. The normalized spacial score (nSPS) is 18.3. The number of hydrogen-bond donors (Lipinski definition) is 2. The minimum absolute atomic E-state index is 0.0812. The van der Waals surface area contributed by atoms with Crippen LogP contribution in [0, 0.1) is 11.8 Å². The van der Waals surface area contributed by atoms with Crippen LogP contribution < -0.4 is 0 Å². The number of carbonyl (C=O) groups excluding carboxylic acids is 1. The van der Waals surface area contributed by atoms with Gasteiger partial charge >= 0.3 is 5.97 Å². The van der Waals surface area contributed by atoms with Gasteiger partial charge in [-0.15, -0.1) is 0 Å². The Hall–Kier alpha value is -1.19. The monoisotopic (exact) mass is 355 g/mol. The van der Waals surface area contributed by atoms with Gasteiger partial charge in [-0.1, -0.05) is 31.6 Å². The van der Waals surface area contributed by atoms with E-state index in [9.17, 15) is 14.7 Å². The number of aliphatic carboxylic acids is 1. The number of hydrogen-bond acceptors (Lipinski definition) is 4. The summed E-state index contributed by atoms with van der Waals surface area (Å²) in [4.78, 5) is 24.2. The number of thioether (sulfide) groups is 1. The highest BCUT2D eigenvalue weighted by molar-refractivity contribution is 7.99. The third kappa shape index (κ3) is 8.60. The summed E-state index contributed by atoms with van der Waals surface area (Å²) < 4.78 is 0. The number of unbranched alkanes of at least 4 members (excludes halogenated alkanes) is 2.